The van der Waals surface area contributed by atoms with Crippen molar-refractivity contribution < 1.29 is 9.66 Å². The quantitative estimate of drug-likeness (QED) is 0.388. The molecule has 1 aromatic carbocycles. The Hall–Kier alpha value is -3.09. The molecule has 0 bridgehead atoms. The van der Waals surface area contributed by atoms with Gasteiger partial charge < -0.3 is 4.74 Å². The van der Waals surface area contributed by atoms with E-state index < -0.39 is 4.92 Å². The van der Waals surface area contributed by atoms with E-state index in [4.69, 9.17) is 9.72 Å². The van der Waals surface area contributed by atoms with Crippen molar-refractivity contribution in [3.63, 3.8) is 0 Å². The highest BCUT2D eigenvalue weighted by atomic mass is 16.6. The lowest BCUT2D eigenvalue weighted by molar-refractivity contribution is -0.384. The van der Waals surface area contributed by atoms with Crippen molar-refractivity contribution in [2.24, 2.45) is 7.05 Å². The summed E-state index contributed by atoms with van der Waals surface area (Å²) in [7, 11) is 7.56. The second kappa shape index (κ2) is 6.67. The van der Waals surface area contributed by atoms with Gasteiger partial charge >= 0.3 is 0 Å². The summed E-state index contributed by atoms with van der Waals surface area (Å²) in [6, 6.07) is 10.2. The van der Waals surface area contributed by atoms with Gasteiger partial charge in [-0.2, -0.15) is 5.10 Å². The van der Waals surface area contributed by atoms with E-state index in [0.29, 0.717) is 17.0 Å². The summed E-state index contributed by atoms with van der Waals surface area (Å²) >= 11 is 0. The molecule has 0 aliphatic carbocycles. The van der Waals surface area contributed by atoms with E-state index in [0.717, 1.165) is 11.3 Å². The molecule has 2 aromatic heterocycles. The number of methoxy groups -OCH3 is 1. The van der Waals surface area contributed by atoms with Gasteiger partial charge in [0, 0.05) is 36.6 Å². The summed E-state index contributed by atoms with van der Waals surface area (Å²) in [5, 5.41) is 15.0. The fourth-order valence-electron chi connectivity index (χ4n) is 2.82. The molecular weight excluding hydrogens is 330 g/mol. The van der Waals surface area contributed by atoms with Gasteiger partial charge in [-0.25, -0.2) is 4.98 Å². The molecule has 0 saturated heterocycles. The summed E-state index contributed by atoms with van der Waals surface area (Å²) in [6.45, 7) is 0. The number of hydrogen-bond donors (Lipinski definition) is 0. The van der Waals surface area contributed by atoms with Crippen LogP contribution in [0.1, 0.15) is 11.3 Å². The largest absolute Gasteiger partial charge is 0.494 e. The Morgan fingerprint density at radius 2 is 2.04 bits per heavy atom. The Bertz CT molecular complexity index is 972. The summed E-state index contributed by atoms with van der Waals surface area (Å²) in [4.78, 5) is 15.5. The molecule has 0 unspecified atom stereocenters. The van der Waals surface area contributed by atoms with Crippen LogP contribution in [0, 0.1) is 10.1 Å². The monoisotopic (exact) mass is 348 g/mol. The van der Waals surface area contributed by atoms with Crippen molar-refractivity contribution in [3.8, 4) is 17.0 Å². The number of benzene rings is 1. The van der Waals surface area contributed by atoms with E-state index in [9.17, 15) is 10.1 Å². The Morgan fingerprint density at radius 1 is 1.27 bits per heavy atom. The van der Waals surface area contributed by atoms with Crippen LogP contribution in [0.3, 0.4) is 0 Å². The number of hydrogen-bond acceptors (Lipinski definition) is 5. The minimum atomic E-state index is -0.417. The molecule has 26 heavy (non-hydrogen) atoms. The normalized spacial score (nSPS) is 11.3. The molecular formula is C17H18B2N4O3. The van der Waals surface area contributed by atoms with E-state index >= 15 is 0 Å². The molecule has 3 rings (SSSR count). The maximum Gasteiger partial charge on any atom is 0.270 e. The summed E-state index contributed by atoms with van der Waals surface area (Å²) in [5.74, 6) is 0.566. The van der Waals surface area contributed by atoms with Crippen molar-refractivity contribution in [2.45, 2.75) is 5.21 Å². The molecule has 2 heterocycles. The third-order valence-corrected chi connectivity index (χ3v) is 4.48. The van der Waals surface area contributed by atoms with Crippen LogP contribution in [0.2, 0.25) is 0 Å². The molecule has 0 atom stereocenters. The molecule has 3 aromatic rings. The molecule has 0 amide bonds. The van der Waals surface area contributed by atoms with Crippen molar-refractivity contribution in [2.75, 3.05) is 7.11 Å². The van der Waals surface area contributed by atoms with Crippen LogP contribution in [0.25, 0.3) is 11.3 Å². The van der Waals surface area contributed by atoms with Crippen molar-refractivity contribution >= 4 is 21.4 Å². The highest BCUT2D eigenvalue weighted by Gasteiger charge is 2.27. The maximum absolute atomic E-state index is 11.1. The fourth-order valence-corrected chi connectivity index (χ4v) is 2.82. The second-order valence-corrected chi connectivity index (χ2v) is 6.58. The van der Waals surface area contributed by atoms with Crippen molar-refractivity contribution in [3.05, 3.63) is 70.2 Å². The number of aromatic nitrogens is 3. The van der Waals surface area contributed by atoms with Gasteiger partial charge in [0.25, 0.3) is 5.69 Å². The third kappa shape index (κ3) is 3.20. The van der Waals surface area contributed by atoms with Crippen LogP contribution in [0.4, 0.5) is 5.69 Å². The van der Waals surface area contributed by atoms with E-state index in [2.05, 4.69) is 20.8 Å². The van der Waals surface area contributed by atoms with Crippen LogP contribution in [-0.2, 0) is 12.3 Å². The van der Waals surface area contributed by atoms with Crippen LogP contribution in [0.15, 0.2) is 48.8 Å². The topological polar surface area (TPSA) is 83.1 Å². The van der Waals surface area contributed by atoms with Crippen LogP contribution in [-0.4, -0.2) is 42.5 Å². The van der Waals surface area contributed by atoms with Gasteiger partial charge in [0.05, 0.1) is 18.2 Å². The number of non-ortho nitro benzene ring substituents is 1. The second-order valence-electron chi connectivity index (χ2n) is 6.58. The molecule has 9 heteroatoms. The summed E-state index contributed by atoms with van der Waals surface area (Å²) in [5.41, 5.74) is 3.09. The highest BCUT2D eigenvalue weighted by Crippen LogP contribution is 2.33. The minimum Gasteiger partial charge on any atom is -0.494 e. The molecule has 130 valence electrons. The molecule has 0 aliphatic rings. The molecule has 0 N–H and O–H groups in total. The first-order chi connectivity index (χ1) is 12.3. The van der Waals surface area contributed by atoms with E-state index in [-0.39, 0.29) is 10.9 Å². The molecule has 0 saturated carbocycles. The SMILES string of the molecule is BC(B)(c1cnn(C)c1)c1ccc(OC)c(-c2cccc([N+](=O)[O-])c2)n1. The Balaban J connectivity index is 2.13. The first-order valence-electron chi connectivity index (χ1n) is 8.12. The van der Waals surface area contributed by atoms with Gasteiger partial charge in [-0.05, 0) is 22.9 Å². The Kier molecular flexibility index (Phi) is 4.54. The number of aryl methyl sites for hydroxylation is 1. The van der Waals surface area contributed by atoms with Gasteiger partial charge in [0.1, 0.15) is 27.1 Å². The highest BCUT2D eigenvalue weighted by molar-refractivity contribution is 6.42. The van der Waals surface area contributed by atoms with Crippen molar-refractivity contribution in [1.82, 2.24) is 14.8 Å². The third-order valence-electron chi connectivity index (χ3n) is 4.48. The number of rotatable bonds is 5. The maximum atomic E-state index is 11.1. The summed E-state index contributed by atoms with van der Waals surface area (Å²) < 4.78 is 7.18. The lowest BCUT2D eigenvalue weighted by atomic mass is 9.50. The molecule has 0 radical (unpaired) electrons. The smallest absolute Gasteiger partial charge is 0.270 e. The molecule has 0 spiro atoms. The number of nitrogens with zero attached hydrogens (tertiary/aromatic N) is 4. The average molecular weight is 348 g/mol. The van der Waals surface area contributed by atoms with E-state index in [1.807, 2.05) is 31.6 Å². The first-order valence-corrected chi connectivity index (χ1v) is 8.12. The van der Waals surface area contributed by atoms with Gasteiger partial charge in [0.2, 0.25) is 0 Å². The number of ether oxygens (including phenoxy) is 1. The number of nitro groups is 1. The van der Waals surface area contributed by atoms with Gasteiger partial charge in [-0.3, -0.25) is 14.8 Å². The van der Waals surface area contributed by atoms with E-state index in [1.54, 1.807) is 23.9 Å². The van der Waals surface area contributed by atoms with Crippen molar-refractivity contribution in [1.29, 1.82) is 0 Å². The zero-order valence-corrected chi connectivity index (χ0v) is 15.1. The van der Waals surface area contributed by atoms with Gasteiger partial charge in [0.15, 0.2) is 0 Å². The van der Waals surface area contributed by atoms with Crippen LogP contribution < -0.4 is 4.74 Å². The Labute approximate surface area is 153 Å². The average Bonchev–Trinajstić information content (AvgIpc) is 3.08. The summed E-state index contributed by atoms with van der Waals surface area (Å²) in [6.07, 6.45) is 3.78. The van der Waals surface area contributed by atoms with Gasteiger partial charge in [-0.1, -0.05) is 12.1 Å². The standard InChI is InChI=1S/C17H18B2N4O3/c1-22-10-12(9-20-22)17(18,19)15-7-6-14(26-2)16(21-15)11-4-3-5-13(8-11)23(24)25/h3-10H,18-19H2,1-2H3. The van der Waals surface area contributed by atoms with Crippen LogP contribution >= 0.6 is 0 Å². The Morgan fingerprint density at radius 3 is 2.65 bits per heavy atom. The van der Waals surface area contributed by atoms with Crippen LogP contribution in [0.5, 0.6) is 5.75 Å². The predicted molar refractivity (Wildman–Crippen MR) is 104 cm³/mol. The zero-order chi connectivity index (χ0) is 18.9. The zero-order valence-electron chi connectivity index (χ0n) is 15.1. The lowest BCUT2D eigenvalue weighted by Gasteiger charge is -2.24. The molecule has 0 fully saturated rings. The number of pyridine rings is 1. The minimum absolute atomic E-state index is 0.0169. The molecule has 7 nitrogen and oxygen atoms in total. The fraction of sp³-hybridized carbons (Fsp3) is 0.176. The van der Waals surface area contributed by atoms with E-state index in [1.165, 1.54) is 12.1 Å². The predicted octanol–water partition coefficient (Wildman–Crippen LogP) is 0.866. The lowest BCUT2D eigenvalue weighted by Crippen LogP contribution is -2.29. The molecule has 0 aliphatic heterocycles. The first kappa shape index (κ1) is 17.7. The van der Waals surface area contributed by atoms with Gasteiger partial charge in [-0.15, -0.1) is 0 Å². The number of nitro benzene ring substituents is 1.